The third-order valence-corrected chi connectivity index (χ3v) is 4.14. The molecule has 0 unspecified atom stereocenters. The molecule has 1 aromatic heterocycles. The molecule has 2 heterocycles. The van der Waals surface area contributed by atoms with E-state index >= 15 is 0 Å². The number of halogens is 1. The molecule has 0 amide bonds. The molecular weight excluding hydrogens is 293 g/mol. The minimum absolute atomic E-state index is 0.00539. The van der Waals surface area contributed by atoms with E-state index < -0.39 is 0 Å². The lowest BCUT2D eigenvalue weighted by Gasteiger charge is -2.33. The molecule has 0 spiro atoms. The van der Waals surface area contributed by atoms with E-state index in [2.05, 4.69) is 28.3 Å². The van der Waals surface area contributed by atoms with Crippen LogP contribution in [0.3, 0.4) is 0 Å². The van der Waals surface area contributed by atoms with Crippen LogP contribution in [-0.4, -0.2) is 34.1 Å². The Morgan fingerprint density at radius 1 is 1.30 bits per heavy atom. The Morgan fingerprint density at radius 2 is 2.09 bits per heavy atom. The second-order valence-electron chi connectivity index (χ2n) is 6.58. The van der Waals surface area contributed by atoms with Gasteiger partial charge in [0.15, 0.2) is 0 Å². The Bertz CT molecular complexity index is 623. The quantitative estimate of drug-likeness (QED) is 0.848. The third kappa shape index (κ3) is 4.18. The van der Waals surface area contributed by atoms with Gasteiger partial charge in [-0.05, 0) is 23.6 Å². The van der Waals surface area contributed by atoms with Crippen LogP contribution in [0.1, 0.15) is 31.2 Å². The fraction of sp³-hybridized carbons (Fsp3) is 0.500. The number of rotatable bonds is 5. The molecule has 0 radical (unpaired) electrons. The van der Waals surface area contributed by atoms with Gasteiger partial charge in [0.1, 0.15) is 5.82 Å². The molecule has 1 saturated heterocycles. The molecule has 1 aromatic carbocycles. The highest BCUT2D eigenvalue weighted by molar-refractivity contribution is 5.19. The summed E-state index contributed by atoms with van der Waals surface area (Å²) in [4.78, 5) is 6.67. The van der Waals surface area contributed by atoms with Gasteiger partial charge in [-0.3, -0.25) is 4.90 Å². The molecule has 1 aliphatic rings. The number of hydrogen-bond donors (Lipinski definition) is 0. The maximum absolute atomic E-state index is 13.1. The number of morpholine rings is 1. The molecule has 0 aliphatic carbocycles. The molecule has 0 bridgehead atoms. The van der Waals surface area contributed by atoms with Crippen molar-refractivity contribution in [1.82, 2.24) is 14.5 Å². The monoisotopic (exact) mass is 317 g/mol. The first-order valence-corrected chi connectivity index (χ1v) is 8.20. The van der Waals surface area contributed by atoms with Gasteiger partial charge in [-0.25, -0.2) is 9.37 Å². The summed E-state index contributed by atoms with van der Waals surface area (Å²) in [6.07, 6.45) is 3.86. The maximum atomic E-state index is 13.1. The Balaban J connectivity index is 1.65. The van der Waals surface area contributed by atoms with Crippen LogP contribution in [-0.2, 0) is 17.8 Å². The van der Waals surface area contributed by atoms with Gasteiger partial charge in [-0.2, -0.15) is 0 Å². The zero-order valence-corrected chi connectivity index (χ0v) is 13.8. The maximum Gasteiger partial charge on any atom is 0.123 e. The van der Waals surface area contributed by atoms with Crippen molar-refractivity contribution in [1.29, 1.82) is 0 Å². The molecule has 3 rings (SSSR count). The molecule has 1 atom stereocenters. The number of ether oxygens (including phenoxy) is 1. The zero-order valence-electron chi connectivity index (χ0n) is 13.8. The van der Waals surface area contributed by atoms with Crippen molar-refractivity contribution in [2.45, 2.75) is 33.0 Å². The van der Waals surface area contributed by atoms with Crippen molar-refractivity contribution in [3.8, 4) is 0 Å². The van der Waals surface area contributed by atoms with Gasteiger partial charge in [0.2, 0.25) is 0 Å². The molecular formula is C18H24FN3O. The van der Waals surface area contributed by atoms with Crippen molar-refractivity contribution < 1.29 is 9.13 Å². The summed E-state index contributed by atoms with van der Waals surface area (Å²) < 4.78 is 21.2. The van der Waals surface area contributed by atoms with Gasteiger partial charge in [0.25, 0.3) is 0 Å². The number of imidazole rings is 1. The van der Waals surface area contributed by atoms with E-state index in [4.69, 9.17) is 4.74 Å². The first-order valence-electron chi connectivity index (χ1n) is 8.20. The van der Waals surface area contributed by atoms with E-state index in [-0.39, 0.29) is 11.9 Å². The Morgan fingerprint density at radius 3 is 2.83 bits per heavy atom. The van der Waals surface area contributed by atoms with Gasteiger partial charge in [0.05, 0.1) is 24.7 Å². The Hall–Kier alpha value is -1.72. The highest BCUT2D eigenvalue weighted by Crippen LogP contribution is 2.23. The minimum Gasteiger partial charge on any atom is -0.371 e. The Labute approximate surface area is 136 Å². The van der Waals surface area contributed by atoms with Crippen molar-refractivity contribution in [3.05, 3.63) is 53.9 Å². The number of hydrogen-bond acceptors (Lipinski definition) is 3. The minimum atomic E-state index is -0.209. The van der Waals surface area contributed by atoms with Gasteiger partial charge >= 0.3 is 0 Å². The van der Waals surface area contributed by atoms with Crippen LogP contribution in [0.15, 0.2) is 36.8 Å². The zero-order chi connectivity index (χ0) is 16.2. The fourth-order valence-electron chi connectivity index (χ4n) is 2.99. The van der Waals surface area contributed by atoms with Crippen molar-refractivity contribution >= 4 is 0 Å². The normalized spacial score (nSPS) is 19.4. The molecule has 0 N–H and O–H groups in total. The number of aromatic nitrogens is 2. The van der Waals surface area contributed by atoms with Crippen molar-refractivity contribution in [2.75, 3.05) is 19.7 Å². The standard InChI is InChI=1S/C18H24FN3O/c1-14(2)10-22-13-20-9-17(22)11-21-7-8-23-18(12-21)15-3-5-16(19)6-4-15/h3-6,9,13-14,18H,7-8,10-12H2,1-2H3/t18-/m0/s1. The molecule has 5 heteroatoms. The topological polar surface area (TPSA) is 30.3 Å². The van der Waals surface area contributed by atoms with E-state index in [0.29, 0.717) is 12.5 Å². The van der Waals surface area contributed by atoms with Crippen LogP contribution in [0.4, 0.5) is 4.39 Å². The first kappa shape index (κ1) is 16.1. The highest BCUT2D eigenvalue weighted by atomic mass is 19.1. The van der Waals surface area contributed by atoms with E-state index in [1.807, 2.05) is 24.7 Å². The number of benzene rings is 1. The summed E-state index contributed by atoms with van der Waals surface area (Å²) in [5.74, 6) is 0.388. The fourth-order valence-corrected chi connectivity index (χ4v) is 2.99. The average Bonchev–Trinajstić information content (AvgIpc) is 2.94. The van der Waals surface area contributed by atoms with E-state index in [1.54, 1.807) is 0 Å². The summed E-state index contributed by atoms with van der Waals surface area (Å²) in [7, 11) is 0. The van der Waals surface area contributed by atoms with Gasteiger partial charge in [-0.15, -0.1) is 0 Å². The summed E-state index contributed by atoms with van der Waals surface area (Å²) in [6.45, 7) is 8.70. The van der Waals surface area contributed by atoms with Gasteiger partial charge < -0.3 is 9.30 Å². The van der Waals surface area contributed by atoms with Crippen LogP contribution >= 0.6 is 0 Å². The number of nitrogens with zero attached hydrogens (tertiary/aromatic N) is 3. The summed E-state index contributed by atoms with van der Waals surface area (Å²) in [6, 6.07) is 6.61. The van der Waals surface area contributed by atoms with E-state index in [0.717, 1.165) is 31.7 Å². The lowest BCUT2D eigenvalue weighted by Crippen LogP contribution is -2.38. The average molecular weight is 317 g/mol. The smallest absolute Gasteiger partial charge is 0.123 e. The van der Waals surface area contributed by atoms with Gasteiger partial charge in [0, 0.05) is 32.4 Å². The van der Waals surface area contributed by atoms with Crippen molar-refractivity contribution in [3.63, 3.8) is 0 Å². The first-order chi connectivity index (χ1) is 11.1. The largest absolute Gasteiger partial charge is 0.371 e. The lowest BCUT2D eigenvalue weighted by atomic mass is 10.1. The van der Waals surface area contributed by atoms with E-state index in [9.17, 15) is 4.39 Å². The molecule has 124 valence electrons. The Kier molecular flexibility index (Phi) is 5.08. The molecule has 4 nitrogen and oxygen atoms in total. The summed E-state index contributed by atoms with van der Waals surface area (Å²) in [5, 5.41) is 0. The van der Waals surface area contributed by atoms with Crippen LogP contribution in [0.25, 0.3) is 0 Å². The van der Waals surface area contributed by atoms with E-state index in [1.165, 1.54) is 17.8 Å². The molecule has 0 saturated carbocycles. The highest BCUT2D eigenvalue weighted by Gasteiger charge is 2.23. The predicted octanol–water partition coefficient (Wildman–Crippen LogP) is 3.25. The van der Waals surface area contributed by atoms with Crippen LogP contribution in [0.2, 0.25) is 0 Å². The van der Waals surface area contributed by atoms with Crippen molar-refractivity contribution in [2.24, 2.45) is 5.92 Å². The van der Waals surface area contributed by atoms with Crippen LogP contribution < -0.4 is 0 Å². The molecule has 1 fully saturated rings. The second-order valence-corrected chi connectivity index (χ2v) is 6.58. The summed E-state index contributed by atoms with van der Waals surface area (Å²) >= 11 is 0. The second kappa shape index (κ2) is 7.23. The van der Waals surface area contributed by atoms with Crippen LogP contribution in [0, 0.1) is 11.7 Å². The van der Waals surface area contributed by atoms with Gasteiger partial charge in [-0.1, -0.05) is 26.0 Å². The summed E-state index contributed by atoms with van der Waals surface area (Å²) in [5.41, 5.74) is 2.27. The lowest BCUT2D eigenvalue weighted by molar-refractivity contribution is -0.0336. The van der Waals surface area contributed by atoms with Crippen LogP contribution in [0.5, 0.6) is 0 Å². The molecule has 23 heavy (non-hydrogen) atoms. The third-order valence-electron chi connectivity index (χ3n) is 4.14. The predicted molar refractivity (Wildman–Crippen MR) is 87.4 cm³/mol. The SMILES string of the molecule is CC(C)Cn1cncc1CN1CCO[C@H](c2ccc(F)cc2)C1. The molecule has 1 aliphatic heterocycles. The molecule has 2 aromatic rings.